The van der Waals surface area contributed by atoms with Crippen molar-refractivity contribution < 1.29 is 4.79 Å². The molecule has 1 aromatic carbocycles. The lowest BCUT2D eigenvalue weighted by atomic mass is 10.1. The quantitative estimate of drug-likeness (QED) is 0.918. The van der Waals surface area contributed by atoms with Crippen molar-refractivity contribution in [1.29, 1.82) is 0 Å². The zero-order valence-corrected chi connectivity index (χ0v) is 12.0. The van der Waals surface area contributed by atoms with Crippen LogP contribution in [0.3, 0.4) is 0 Å². The number of hydrogen-bond acceptors (Lipinski definition) is 3. The average molecular weight is 284 g/mol. The number of carbonyl (C=O) groups is 1. The molecule has 1 fully saturated rings. The molecule has 1 aliphatic rings. The second kappa shape index (κ2) is 6.10. The molecule has 0 spiro atoms. The van der Waals surface area contributed by atoms with E-state index < -0.39 is 0 Å². The van der Waals surface area contributed by atoms with Crippen LogP contribution in [0.15, 0.2) is 42.7 Å². The number of nitrogens with zero attached hydrogens (tertiary/aromatic N) is 3. The van der Waals surface area contributed by atoms with Crippen LogP contribution < -0.4 is 5.73 Å². The van der Waals surface area contributed by atoms with Crippen LogP contribution in [-0.2, 0) is 11.2 Å². The van der Waals surface area contributed by atoms with Gasteiger partial charge in [-0.25, -0.2) is 4.68 Å². The molecule has 0 aliphatic carbocycles. The molecular formula is C16H20N4O. The van der Waals surface area contributed by atoms with E-state index in [1.807, 2.05) is 41.4 Å². The summed E-state index contributed by atoms with van der Waals surface area (Å²) in [6.07, 6.45) is 5.11. The number of likely N-dealkylation sites (tertiary alicyclic amines) is 1. The molecule has 1 saturated heterocycles. The highest BCUT2D eigenvalue weighted by Crippen LogP contribution is 2.16. The third-order valence-electron chi connectivity index (χ3n) is 3.98. The average Bonchev–Trinajstić information content (AvgIpc) is 3.17. The molecule has 2 aromatic rings. The van der Waals surface area contributed by atoms with E-state index in [9.17, 15) is 4.79 Å². The molecule has 2 heterocycles. The van der Waals surface area contributed by atoms with Gasteiger partial charge in [-0.2, -0.15) is 5.10 Å². The minimum absolute atomic E-state index is 0.165. The highest BCUT2D eigenvalue weighted by molar-refractivity contribution is 5.78. The summed E-state index contributed by atoms with van der Waals surface area (Å²) < 4.78 is 1.80. The summed E-state index contributed by atoms with van der Waals surface area (Å²) in [4.78, 5) is 14.2. The molecule has 1 aromatic heterocycles. The zero-order chi connectivity index (χ0) is 14.7. The molecule has 1 amide bonds. The topological polar surface area (TPSA) is 64.2 Å². The summed E-state index contributed by atoms with van der Waals surface area (Å²) in [5.74, 6) is 0.625. The van der Waals surface area contributed by atoms with Crippen LogP contribution in [0.2, 0.25) is 0 Å². The van der Waals surface area contributed by atoms with Crippen molar-refractivity contribution in [2.45, 2.75) is 12.8 Å². The third-order valence-corrected chi connectivity index (χ3v) is 3.98. The van der Waals surface area contributed by atoms with Gasteiger partial charge in [-0.05, 0) is 36.6 Å². The van der Waals surface area contributed by atoms with Crippen LogP contribution in [0.5, 0.6) is 0 Å². The van der Waals surface area contributed by atoms with E-state index in [1.54, 1.807) is 10.9 Å². The Hall–Kier alpha value is -2.14. The van der Waals surface area contributed by atoms with Crippen molar-refractivity contribution in [3.63, 3.8) is 0 Å². The fourth-order valence-corrected chi connectivity index (χ4v) is 2.71. The monoisotopic (exact) mass is 284 g/mol. The molecule has 5 nitrogen and oxygen atoms in total. The van der Waals surface area contributed by atoms with Gasteiger partial charge in [0.2, 0.25) is 5.91 Å². The number of rotatable bonds is 4. The lowest BCUT2D eigenvalue weighted by molar-refractivity contribution is -0.129. The van der Waals surface area contributed by atoms with Crippen molar-refractivity contribution in [2.75, 3.05) is 19.6 Å². The molecule has 1 atom stereocenters. The van der Waals surface area contributed by atoms with Gasteiger partial charge < -0.3 is 10.6 Å². The molecule has 110 valence electrons. The number of benzene rings is 1. The lowest BCUT2D eigenvalue weighted by Gasteiger charge is -2.15. The van der Waals surface area contributed by atoms with E-state index >= 15 is 0 Å². The van der Waals surface area contributed by atoms with E-state index in [0.717, 1.165) is 30.8 Å². The van der Waals surface area contributed by atoms with E-state index in [1.165, 1.54) is 0 Å². The molecule has 0 saturated carbocycles. The first-order valence-electron chi connectivity index (χ1n) is 7.33. The highest BCUT2D eigenvalue weighted by atomic mass is 16.2. The summed E-state index contributed by atoms with van der Waals surface area (Å²) in [6.45, 7) is 2.28. The first-order valence-corrected chi connectivity index (χ1v) is 7.33. The molecule has 1 aliphatic heterocycles. The number of carbonyl (C=O) groups excluding carboxylic acids is 1. The van der Waals surface area contributed by atoms with Gasteiger partial charge in [0.05, 0.1) is 18.3 Å². The van der Waals surface area contributed by atoms with Crippen LogP contribution in [0.1, 0.15) is 12.0 Å². The van der Waals surface area contributed by atoms with Crippen LogP contribution in [0.4, 0.5) is 0 Å². The molecular weight excluding hydrogens is 264 g/mol. The number of para-hydroxylation sites is 1. The third kappa shape index (κ3) is 3.13. The maximum absolute atomic E-state index is 12.3. The Labute approximate surface area is 124 Å². The summed E-state index contributed by atoms with van der Waals surface area (Å²) in [7, 11) is 0. The Bertz CT molecular complexity index is 608. The van der Waals surface area contributed by atoms with Crippen LogP contribution in [0.25, 0.3) is 5.69 Å². The van der Waals surface area contributed by atoms with E-state index in [-0.39, 0.29) is 5.91 Å². The number of amides is 1. The molecule has 2 N–H and O–H groups in total. The van der Waals surface area contributed by atoms with Crippen LogP contribution in [-0.4, -0.2) is 40.2 Å². The summed E-state index contributed by atoms with van der Waals surface area (Å²) in [6, 6.07) is 9.90. The molecule has 1 unspecified atom stereocenters. The van der Waals surface area contributed by atoms with E-state index in [4.69, 9.17) is 5.73 Å². The Morgan fingerprint density at radius 1 is 1.33 bits per heavy atom. The SMILES string of the molecule is NCC1CCN(C(=O)Cc2cnn(-c3ccccc3)c2)C1. The Morgan fingerprint density at radius 3 is 2.86 bits per heavy atom. The standard InChI is InChI=1S/C16H20N4O/c17-9-13-6-7-19(11-13)16(21)8-14-10-18-20(12-14)15-4-2-1-3-5-15/h1-5,10,12-13H,6-9,11,17H2. The largest absolute Gasteiger partial charge is 0.342 e. The van der Waals surface area contributed by atoms with E-state index in [2.05, 4.69) is 5.10 Å². The number of aromatic nitrogens is 2. The second-order valence-corrected chi connectivity index (χ2v) is 5.54. The molecule has 21 heavy (non-hydrogen) atoms. The van der Waals surface area contributed by atoms with Gasteiger partial charge in [-0.1, -0.05) is 18.2 Å². The maximum atomic E-state index is 12.3. The van der Waals surface area contributed by atoms with Crippen molar-refractivity contribution in [3.05, 3.63) is 48.3 Å². The smallest absolute Gasteiger partial charge is 0.227 e. The molecule has 5 heteroatoms. The Morgan fingerprint density at radius 2 is 2.14 bits per heavy atom. The van der Waals surface area contributed by atoms with Gasteiger partial charge in [0.15, 0.2) is 0 Å². The maximum Gasteiger partial charge on any atom is 0.227 e. The second-order valence-electron chi connectivity index (χ2n) is 5.54. The van der Waals surface area contributed by atoms with Gasteiger partial charge in [0, 0.05) is 19.3 Å². The first kappa shape index (κ1) is 13.8. The lowest BCUT2D eigenvalue weighted by Crippen LogP contribution is -2.31. The zero-order valence-electron chi connectivity index (χ0n) is 12.0. The summed E-state index contributed by atoms with van der Waals surface area (Å²) >= 11 is 0. The predicted molar refractivity (Wildman–Crippen MR) is 81.0 cm³/mol. The van der Waals surface area contributed by atoms with Gasteiger partial charge in [0.1, 0.15) is 0 Å². The predicted octanol–water partition coefficient (Wildman–Crippen LogP) is 1.22. The van der Waals surface area contributed by atoms with Gasteiger partial charge >= 0.3 is 0 Å². The number of hydrogen-bond donors (Lipinski definition) is 1. The van der Waals surface area contributed by atoms with Gasteiger partial charge in [0.25, 0.3) is 0 Å². The van der Waals surface area contributed by atoms with Crippen molar-refractivity contribution >= 4 is 5.91 Å². The molecule has 0 radical (unpaired) electrons. The Balaban J connectivity index is 1.64. The minimum Gasteiger partial charge on any atom is -0.342 e. The minimum atomic E-state index is 0.165. The van der Waals surface area contributed by atoms with Crippen molar-refractivity contribution in [2.24, 2.45) is 11.7 Å². The normalized spacial score (nSPS) is 18.1. The fraction of sp³-hybridized carbons (Fsp3) is 0.375. The van der Waals surface area contributed by atoms with Gasteiger partial charge in [-0.15, -0.1) is 0 Å². The van der Waals surface area contributed by atoms with Crippen molar-refractivity contribution in [3.8, 4) is 5.69 Å². The summed E-state index contributed by atoms with van der Waals surface area (Å²) in [5.41, 5.74) is 7.61. The van der Waals surface area contributed by atoms with Crippen LogP contribution in [0, 0.1) is 5.92 Å². The van der Waals surface area contributed by atoms with Crippen LogP contribution >= 0.6 is 0 Å². The Kier molecular flexibility index (Phi) is 4.01. The van der Waals surface area contributed by atoms with Gasteiger partial charge in [-0.3, -0.25) is 4.79 Å². The fourth-order valence-electron chi connectivity index (χ4n) is 2.71. The van der Waals surface area contributed by atoms with Crippen molar-refractivity contribution in [1.82, 2.24) is 14.7 Å². The van der Waals surface area contributed by atoms with E-state index in [0.29, 0.717) is 18.9 Å². The first-order chi connectivity index (χ1) is 10.3. The molecule has 0 bridgehead atoms. The summed E-state index contributed by atoms with van der Waals surface area (Å²) in [5, 5.41) is 4.32. The highest BCUT2D eigenvalue weighted by Gasteiger charge is 2.25. The number of nitrogens with two attached hydrogens (primary N) is 1. The molecule has 3 rings (SSSR count).